The molecule has 0 fully saturated rings. The summed E-state index contributed by atoms with van der Waals surface area (Å²) in [6, 6.07) is 0. The Balaban J connectivity index is -0.00000000762. The summed E-state index contributed by atoms with van der Waals surface area (Å²) in [5.74, 6) is 0. The summed E-state index contributed by atoms with van der Waals surface area (Å²) in [6.45, 7) is 16.0. The van der Waals surface area contributed by atoms with E-state index in [-0.39, 0.29) is 18.6 Å². The molecule has 0 heterocycles. The Kier molecular flexibility index (Phi) is 5400. The smallest absolute Gasteiger partial charge is 0 e. The van der Waals surface area contributed by atoms with Gasteiger partial charge in [0, 0.05) is 18.6 Å². The Morgan fingerprint density at radius 1 is 0.333 bits per heavy atom. The summed E-state index contributed by atoms with van der Waals surface area (Å²) in [4.78, 5) is 0. The van der Waals surface area contributed by atoms with E-state index in [4.69, 9.17) is 0 Å². The average Bonchev–Trinajstić information content (AvgIpc) is 2.03. The van der Waals surface area contributed by atoms with Crippen LogP contribution in [0.3, 0.4) is 0 Å². The molecular formula is C8H24V. The molecule has 0 nitrogen and oxygen atoms in total. The van der Waals surface area contributed by atoms with E-state index in [1.807, 2.05) is 55.4 Å². The van der Waals surface area contributed by atoms with E-state index in [0.29, 0.717) is 0 Å². The summed E-state index contributed by atoms with van der Waals surface area (Å²) >= 11 is 0. The minimum absolute atomic E-state index is 0. The first kappa shape index (κ1) is 33.6. The quantitative estimate of drug-likeness (QED) is 0.514. The molecule has 0 N–H and O–H groups in total. The number of rotatable bonds is 0. The Morgan fingerprint density at radius 3 is 0.333 bits per heavy atom. The zero-order valence-corrected chi connectivity index (χ0v) is 9.84. The van der Waals surface area contributed by atoms with Crippen molar-refractivity contribution in [1.82, 2.24) is 0 Å². The van der Waals surface area contributed by atoms with Gasteiger partial charge in [0.25, 0.3) is 0 Å². The predicted octanol–water partition coefficient (Wildman–Crippen LogP) is 4.10. The van der Waals surface area contributed by atoms with Gasteiger partial charge in [-0.05, 0) is 0 Å². The van der Waals surface area contributed by atoms with E-state index in [2.05, 4.69) is 0 Å². The molecule has 0 saturated heterocycles. The van der Waals surface area contributed by atoms with Crippen molar-refractivity contribution in [1.29, 1.82) is 0 Å². The van der Waals surface area contributed by atoms with Crippen molar-refractivity contribution < 1.29 is 18.6 Å². The van der Waals surface area contributed by atoms with Gasteiger partial charge in [0.05, 0.1) is 0 Å². The van der Waals surface area contributed by atoms with E-state index in [1.54, 1.807) is 0 Å². The number of hydrogen-bond donors (Lipinski definition) is 0. The maximum atomic E-state index is 2.00. The van der Waals surface area contributed by atoms with Crippen LogP contribution in [0.5, 0.6) is 0 Å². The fourth-order valence-corrected chi connectivity index (χ4v) is 0. The molecule has 0 rings (SSSR count). The first-order chi connectivity index (χ1) is 4.00. The van der Waals surface area contributed by atoms with Crippen LogP contribution < -0.4 is 0 Å². The topological polar surface area (TPSA) is 0 Å². The molecular weight excluding hydrogens is 147 g/mol. The molecule has 0 unspecified atom stereocenters. The van der Waals surface area contributed by atoms with Crippen molar-refractivity contribution in [2.45, 2.75) is 55.4 Å². The molecule has 0 aromatic carbocycles. The van der Waals surface area contributed by atoms with Gasteiger partial charge in [-0.25, -0.2) is 0 Å². The standard InChI is InChI=1S/4C2H6.V/c4*1-2;/h4*1-2H3;. The van der Waals surface area contributed by atoms with Gasteiger partial charge in [0.1, 0.15) is 0 Å². The molecule has 0 spiro atoms. The second kappa shape index (κ2) is 1450. The van der Waals surface area contributed by atoms with Crippen molar-refractivity contribution in [2.24, 2.45) is 0 Å². The molecule has 0 amide bonds. The maximum absolute atomic E-state index is 2.00. The summed E-state index contributed by atoms with van der Waals surface area (Å²) in [5.41, 5.74) is 0. The van der Waals surface area contributed by atoms with Crippen LogP contribution >= 0.6 is 0 Å². The van der Waals surface area contributed by atoms with Crippen molar-refractivity contribution in [3.63, 3.8) is 0 Å². The van der Waals surface area contributed by atoms with Crippen LogP contribution in [0, 0.1) is 0 Å². The van der Waals surface area contributed by atoms with Crippen LogP contribution in [0.2, 0.25) is 0 Å². The largest absolute Gasteiger partial charge is 0.0683 e. The molecule has 61 valence electrons. The normalized spacial score (nSPS) is 2.67. The third-order valence-corrected chi connectivity index (χ3v) is 0. The molecule has 1 heteroatoms. The van der Waals surface area contributed by atoms with Crippen LogP contribution in [0.25, 0.3) is 0 Å². The predicted molar refractivity (Wildman–Crippen MR) is 45.4 cm³/mol. The van der Waals surface area contributed by atoms with E-state index >= 15 is 0 Å². The minimum Gasteiger partial charge on any atom is -0.0683 e. The van der Waals surface area contributed by atoms with Gasteiger partial charge in [-0.15, -0.1) is 0 Å². The van der Waals surface area contributed by atoms with Gasteiger partial charge in [-0.1, -0.05) is 55.4 Å². The fraction of sp³-hybridized carbons (Fsp3) is 1.00. The van der Waals surface area contributed by atoms with Crippen molar-refractivity contribution in [3.8, 4) is 0 Å². The molecule has 0 aliphatic heterocycles. The second-order valence-electron chi connectivity index (χ2n) is 0. The van der Waals surface area contributed by atoms with Gasteiger partial charge in [-0.3, -0.25) is 0 Å². The first-order valence-corrected chi connectivity index (χ1v) is 4.00. The number of hydrogen-bond acceptors (Lipinski definition) is 0. The van der Waals surface area contributed by atoms with Gasteiger partial charge < -0.3 is 0 Å². The van der Waals surface area contributed by atoms with Gasteiger partial charge in [-0.2, -0.15) is 0 Å². The summed E-state index contributed by atoms with van der Waals surface area (Å²) in [7, 11) is 0. The minimum atomic E-state index is 0. The average molecular weight is 171 g/mol. The Hall–Kier alpha value is 0.584. The molecule has 0 atom stereocenters. The van der Waals surface area contributed by atoms with E-state index in [1.165, 1.54) is 0 Å². The molecule has 0 aromatic heterocycles. The van der Waals surface area contributed by atoms with Crippen LogP contribution in [0.4, 0.5) is 0 Å². The zero-order valence-electron chi connectivity index (χ0n) is 8.45. The van der Waals surface area contributed by atoms with E-state index < -0.39 is 0 Å². The van der Waals surface area contributed by atoms with Crippen LogP contribution in [-0.2, 0) is 18.6 Å². The molecule has 0 bridgehead atoms. The van der Waals surface area contributed by atoms with E-state index in [9.17, 15) is 0 Å². The first-order valence-electron chi connectivity index (χ1n) is 4.00. The van der Waals surface area contributed by atoms with Gasteiger partial charge >= 0.3 is 0 Å². The summed E-state index contributed by atoms with van der Waals surface area (Å²) in [6.07, 6.45) is 0. The Labute approximate surface area is 74.3 Å². The van der Waals surface area contributed by atoms with Gasteiger partial charge in [0.15, 0.2) is 0 Å². The zero-order chi connectivity index (χ0) is 8.00. The molecule has 0 aliphatic rings. The second-order valence-corrected chi connectivity index (χ2v) is 0. The van der Waals surface area contributed by atoms with Crippen LogP contribution in [0.1, 0.15) is 55.4 Å². The summed E-state index contributed by atoms with van der Waals surface area (Å²) in [5, 5.41) is 0. The Morgan fingerprint density at radius 2 is 0.333 bits per heavy atom. The third-order valence-electron chi connectivity index (χ3n) is 0. The molecule has 0 saturated carbocycles. The fourth-order valence-electron chi connectivity index (χ4n) is 0. The Bertz CT molecular complexity index is 4.53. The molecule has 1 radical (unpaired) electrons. The van der Waals surface area contributed by atoms with Crippen molar-refractivity contribution in [3.05, 3.63) is 0 Å². The van der Waals surface area contributed by atoms with Crippen LogP contribution in [-0.4, -0.2) is 0 Å². The van der Waals surface area contributed by atoms with Gasteiger partial charge in [0.2, 0.25) is 0 Å². The monoisotopic (exact) mass is 171 g/mol. The summed E-state index contributed by atoms with van der Waals surface area (Å²) < 4.78 is 0. The van der Waals surface area contributed by atoms with Crippen LogP contribution in [0.15, 0.2) is 0 Å². The van der Waals surface area contributed by atoms with Crippen molar-refractivity contribution >= 4 is 0 Å². The van der Waals surface area contributed by atoms with Crippen molar-refractivity contribution in [2.75, 3.05) is 0 Å². The SMILES string of the molecule is CC.CC.CC.CC.[V]. The molecule has 0 aliphatic carbocycles. The molecule has 9 heavy (non-hydrogen) atoms. The van der Waals surface area contributed by atoms with E-state index in [0.717, 1.165) is 0 Å². The molecule has 0 aromatic rings. The maximum Gasteiger partial charge on any atom is 0 e. The third kappa shape index (κ3) is 1090.